The molecule has 2 amide bonds. The van der Waals surface area contributed by atoms with E-state index >= 15 is 0 Å². The Labute approximate surface area is 151 Å². The number of aryl methyl sites for hydroxylation is 1. The summed E-state index contributed by atoms with van der Waals surface area (Å²) in [6, 6.07) is 6.61. The molecule has 7 heteroatoms. The molecule has 0 fully saturated rings. The Balaban J connectivity index is 1.65. The van der Waals surface area contributed by atoms with Crippen LogP contribution in [0.2, 0.25) is 0 Å². The molecular formula is C19H21N3O4. The van der Waals surface area contributed by atoms with Gasteiger partial charge in [0.1, 0.15) is 11.4 Å². The Morgan fingerprint density at radius 1 is 1.12 bits per heavy atom. The zero-order valence-electron chi connectivity index (χ0n) is 14.8. The van der Waals surface area contributed by atoms with Crippen molar-refractivity contribution >= 4 is 17.6 Å². The number of hydrogen-bond donors (Lipinski definition) is 3. The number of H-pyrrole nitrogens is 1. The molecule has 1 aromatic carbocycles. The van der Waals surface area contributed by atoms with Crippen LogP contribution in [-0.4, -0.2) is 29.2 Å². The van der Waals surface area contributed by atoms with E-state index in [4.69, 9.17) is 4.74 Å². The Hall–Kier alpha value is -3.09. The molecule has 136 valence electrons. The van der Waals surface area contributed by atoms with E-state index in [9.17, 15) is 14.4 Å². The summed E-state index contributed by atoms with van der Waals surface area (Å²) in [5, 5.41) is 0. The standard InChI is InChI=1S/C19H21N3O4/c1-3-26-13-9-7-12(8-10-13)18(24)21-22-19(25)17-11(2)16-14(20-17)5-4-6-15(16)23/h7-10,20H,3-6H2,1-2H3,(H,21,24)(H,22,25). The minimum atomic E-state index is -0.482. The first-order valence-electron chi connectivity index (χ1n) is 8.59. The number of ketones is 1. The number of hydrazine groups is 1. The molecule has 0 bridgehead atoms. The van der Waals surface area contributed by atoms with Crippen LogP contribution in [0.3, 0.4) is 0 Å². The maximum absolute atomic E-state index is 12.4. The first-order chi connectivity index (χ1) is 12.5. The van der Waals surface area contributed by atoms with E-state index in [0.717, 1.165) is 18.5 Å². The summed E-state index contributed by atoms with van der Waals surface area (Å²) in [4.78, 5) is 39.6. The fourth-order valence-corrected chi connectivity index (χ4v) is 3.12. The minimum Gasteiger partial charge on any atom is -0.494 e. The van der Waals surface area contributed by atoms with Gasteiger partial charge in [-0.05, 0) is 56.5 Å². The predicted octanol–water partition coefficient (Wildman–Crippen LogP) is 2.32. The van der Waals surface area contributed by atoms with Crippen molar-refractivity contribution < 1.29 is 19.1 Å². The Morgan fingerprint density at radius 2 is 1.81 bits per heavy atom. The number of fused-ring (bicyclic) bond motifs is 1. The highest BCUT2D eigenvalue weighted by molar-refractivity contribution is 6.05. The number of carbonyl (C=O) groups excluding carboxylic acids is 3. The molecule has 0 atom stereocenters. The van der Waals surface area contributed by atoms with Gasteiger partial charge in [-0.1, -0.05) is 0 Å². The summed E-state index contributed by atoms with van der Waals surface area (Å²) in [5.74, 6) is -0.196. The Bertz CT molecular complexity index is 852. The third-order valence-corrected chi connectivity index (χ3v) is 4.38. The average Bonchev–Trinajstić information content (AvgIpc) is 2.98. The second-order valence-corrected chi connectivity index (χ2v) is 6.12. The fourth-order valence-electron chi connectivity index (χ4n) is 3.12. The van der Waals surface area contributed by atoms with Gasteiger partial charge in [-0.2, -0.15) is 0 Å². The van der Waals surface area contributed by atoms with Crippen molar-refractivity contribution in [2.75, 3.05) is 6.61 Å². The van der Waals surface area contributed by atoms with E-state index in [1.165, 1.54) is 0 Å². The Morgan fingerprint density at radius 3 is 2.46 bits per heavy atom. The second-order valence-electron chi connectivity index (χ2n) is 6.12. The van der Waals surface area contributed by atoms with Crippen molar-refractivity contribution in [3.05, 3.63) is 52.3 Å². The molecule has 2 aromatic rings. The van der Waals surface area contributed by atoms with Crippen molar-refractivity contribution in [2.24, 2.45) is 0 Å². The van der Waals surface area contributed by atoms with Crippen LogP contribution < -0.4 is 15.6 Å². The van der Waals surface area contributed by atoms with Gasteiger partial charge in [-0.25, -0.2) is 0 Å². The average molecular weight is 355 g/mol. The van der Waals surface area contributed by atoms with E-state index in [1.807, 2.05) is 6.92 Å². The number of ether oxygens (including phenoxy) is 1. The van der Waals surface area contributed by atoms with Gasteiger partial charge < -0.3 is 9.72 Å². The highest BCUT2D eigenvalue weighted by Crippen LogP contribution is 2.26. The topological polar surface area (TPSA) is 100 Å². The number of hydrogen-bond acceptors (Lipinski definition) is 4. The predicted molar refractivity (Wildman–Crippen MR) is 95.3 cm³/mol. The highest BCUT2D eigenvalue weighted by atomic mass is 16.5. The first-order valence-corrected chi connectivity index (χ1v) is 8.59. The van der Waals surface area contributed by atoms with Crippen LogP contribution in [0.25, 0.3) is 0 Å². The van der Waals surface area contributed by atoms with Crippen molar-refractivity contribution in [1.29, 1.82) is 0 Å². The molecule has 1 heterocycles. The molecule has 0 saturated carbocycles. The quantitative estimate of drug-likeness (QED) is 0.733. The highest BCUT2D eigenvalue weighted by Gasteiger charge is 2.26. The zero-order chi connectivity index (χ0) is 18.7. The molecule has 3 rings (SSSR count). The van der Waals surface area contributed by atoms with Gasteiger partial charge in [-0.15, -0.1) is 0 Å². The Kier molecular flexibility index (Phi) is 5.06. The third-order valence-electron chi connectivity index (χ3n) is 4.38. The molecule has 0 unspecified atom stereocenters. The summed E-state index contributed by atoms with van der Waals surface area (Å²) in [6.07, 6.45) is 2.02. The monoisotopic (exact) mass is 355 g/mol. The lowest BCUT2D eigenvalue weighted by Gasteiger charge is -2.09. The number of carbonyl (C=O) groups is 3. The molecule has 0 aliphatic heterocycles. The molecule has 1 aliphatic rings. The van der Waals surface area contributed by atoms with Gasteiger partial charge in [0.2, 0.25) is 0 Å². The smallest absolute Gasteiger partial charge is 0.286 e. The van der Waals surface area contributed by atoms with Crippen LogP contribution in [0.1, 0.15) is 62.2 Å². The number of aromatic amines is 1. The fraction of sp³-hybridized carbons (Fsp3) is 0.316. The van der Waals surface area contributed by atoms with Crippen LogP contribution in [0.5, 0.6) is 5.75 Å². The normalized spacial score (nSPS) is 13.1. The van der Waals surface area contributed by atoms with Crippen molar-refractivity contribution in [2.45, 2.75) is 33.1 Å². The molecular weight excluding hydrogens is 334 g/mol. The maximum atomic E-state index is 12.4. The minimum absolute atomic E-state index is 0.0532. The molecule has 26 heavy (non-hydrogen) atoms. The number of aromatic nitrogens is 1. The lowest BCUT2D eigenvalue weighted by Crippen LogP contribution is -2.42. The molecule has 0 spiro atoms. The van der Waals surface area contributed by atoms with E-state index in [0.29, 0.717) is 41.2 Å². The lowest BCUT2D eigenvalue weighted by atomic mass is 9.94. The number of Topliss-reactive ketones (excluding diaryl/α,β-unsaturated/α-hetero) is 1. The molecule has 7 nitrogen and oxygen atoms in total. The van der Waals surface area contributed by atoms with Crippen LogP contribution in [0, 0.1) is 6.92 Å². The van der Waals surface area contributed by atoms with Gasteiger partial charge in [0.05, 0.1) is 6.61 Å². The number of amides is 2. The van der Waals surface area contributed by atoms with Crippen molar-refractivity contribution in [3.8, 4) is 5.75 Å². The summed E-state index contributed by atoms with van der Waals surface area (Å²) < 4.78 is 5.33. The number of benzene rings is 1. The second kappa shape index (κ2) is 7.43. The van der Waals surface area contributed by atoms with Gasteiger partial charge in [0.15, 0.2) is 5.78 Å². The van der Waals surface area contributed by atoms with Crippen LogP contribution in [0.4, 0.5) is 0 Å². The van der Waals surface area contributed by atoms with Crippen LogP contribution in [0.15, 0.2) is 24.3 Å². The van der Waals surface area contributed by atoms with Crippen LogP contribution >= 0.6 is 0 Å². The number of nitrogens with one attached hydrogen (secondary N) is 3. The van der Waals surface area contributed by atoms with Crippen molar-refractivity contribution in [3.63, 3.8) is 0 Å². The van der Waals surface area contributed by atoms with Crippen LogP contribution in [-0.2, 0) is 6.42 Å². The molecule has 3 N–H and O–H groups in total. The molecule has 1 aromatic heterocycles. The maximum Gasteiger partial charge on any atom is 0.286 e. The van der Waals surface area contributed by atoms with E-state index in [-0.39, 0.29) is 5.78 Å². The van der Waals surface area contributed by atoms with Gasteiger partial charge >= 0.3 is 0 Å². The van der Waals surface area contributed by atoms with E-state index in [2.05, 4.69) is 15.8 Å². The summed E-state index contributed by atoms with van der Waals surface area (Å²) >= 11 is 0. The molecule has 1 aliphatic carbocycles. The largest absolute Gasteiger partial charge is 0.494 e. The first kappa shape index (κ1) is 17.7. The summed E-state index contributed by atoms with van der Waals surface area (Å²) in [6.45, 7) is 4.16. The van der Waals surface area contributed by atoms with Crippen molar-refractivity contribution in [1.82, 2.24) is 15.8 Å². The van der Waals surface area contributed by atoms with E-state index < -0.39 is 11.8 Å². The van der Waals surface area contributed by atoms with Gasteiger partial charge in [0.25, 0.3) is 11.8 Å². The number of rotatable bonds is 4. The van der Waals surface area contributed by atoms with Gasteiger partial charge in [0, 0.05) is 23.2 Å². The van der Waals surface area contributed by atoms with Gasteiger partial charge in [-0.3, -0.25) is 25.2 Å². The molecule has 0 radical (unpaired) electrons. The summed E-state index contributed by atoms with van der Waals surface area (Å²) in [7, 11) is 0. The third kappa shape index (κ3) is 3.46. The SMILES string of the molecule is CCOc1ccc(C(=O)NNC(=O)c2[nH]c3c(c2C)C(=O)CCC3)cc1. The zero-order valence-corrected chi connectivity index (χ0v) is 14.8. The van der Waals surface area contributed by atoms with E-state index in [1.54, 1.807) is 31.2 Å². The summed E-state index contributed by atoms with van der Waals surface area (Å²) in [5.41, 5.74) is 7.50. The lowest BCUT2D eigenvalue weighted by molar-refractivity contribution is 0.0843. The molecule has 0 saturated heterocycles.